The predicted molar refractivity (Wildman–Crippen MR) is 87.9 cm³/mol. The van der Waals surface area contributed by atoms with Gasteiger partial charge in [0.1, 0.15) is 5.82 Å². The summed E-state index contributed by atoms with van der Waals surface area (Å²) in [5.41, 5.74) is 2.98. The van der Waals surface area contributed by atoms with Crippen molar-refractivity contribution in [3.05, 3.63) is 59.4 Å². The second-order valence-corrected chi connectivity index (χ2v) is 11.4. The van der Waals surface area contributed by atoms with Gasteiger partial charge in [-0.1, -0.05) is 49.1 Å². The van der Waals surface area contributed by atoms with E-state index >= 15 is 0 Å². The van der Waals surface area contributed by atoms with Crippen LogP contribution in [0.3, 0.4) is 0 Å². The van der Waals surface area contributed by atoms with E-state index in [1.807, 2.05) is 13.0 Å². The van der Waals surface area contributed by atoms with E-state index in [4.69, 9.17) is 0 Å². The largest absolute Gasteiger partial charge is 0.381 e. The molecule has 0 fully saturated rings. The molecule has 0 aromatic heterocycles. The molecule has 0 heterocycles. The van der Waals surface area contributed by atoms with E-state index in [1.54, 1.807) is 0 Å². The Bertz CT molecular complexity index is 565. The van der Waals surface area contributed by atoms with Crippen molar-refractivity contribution < 1.29 is 4.39 Å². The molecule has 0 aliphatic rings. The van der Waals surface area contributed by atoms with Crippen LogP contribution in [0, 0.1) is 12.7 Å². The number of rotatable bonds is 4. The topological polar surface area (TPSA) is 12.0 Å². The highest BCUT2D eigenvalue weighted by molar-refractivity contribution is 6.88. The molecule has 1 nitrogen and oxygen atoms in total. The Morgan fingerprint density at radius 1 is 1.00 bits per heavy atom. The maximum Gasteiger partial charge on any atom is 0.125 e. The summed E-state index contributed by atoms with van der Waals surface area (Å²) < 4.78 is 13.3. The van der Waals surface area contributed by atoms with Crippen molar-refractivity contribution in [2.75, 3.05) is 5.32 Å². The van der Waals surface area contributed by atoms with Crippen LogP contribution in [0.4, 0.5) is 10.1 Å². The molecule has 2 aromatic carbocycles. The van der Waals surface area contributed by atoms with Crippen LogP contribution in [-0.2, 0) is 6.54 Å². The summed E-state index contributed by atoms with van der Waals surface area (Å²) in [5.74, 6) is -0.193. The first-order valence-corrected chi connectivity index (χ1v) is 10.4. The van der Waals surface area contributed by atoms with Gasteiger partial charge >= 0.3 is 0 Å². The second kappa shape index (κ2) is 5.79. The van der Waals surface area contributed by atoms with Gasteiger partial charge in [0, 0.05) is 12.2 Å². The third-order valence-corrected chi connectivity index (χ3v) is 5.42. The van der Waals surface area contributed by atoms with Crippen molar-refractivity contribution in [3.63, 3.8) is 0 Å². The molecular formula is C17H22FNSi. The van der Waals surface area contributed by atoms with Crippen LogP contribution in [0.25, 0.3) is 0 Å². The molecule has 0 atom stereocenters. The standard InChI is InChI=1S/C17H22FNSi/c1-13-9-15(18)11-16(10-13)19-12-14-5-7-17(8-6-14)20(2,3)4/h5-11,19H,12H2,1-4H3. The number of aryl methyl sites for hydroxylation is 1. The zero-order chi connectivity index (χ0) is 14.8. The summed E-state index contributed by atoms with van der Waals surface area (Å²) in [7, 11) is -1.23. The minimum absolute atomic E-state index is 0.193. The lowest BCUT2D eigenvalue weighted by Crippen LogP contribution is -2.37. The Labute approximate surface area is 121 Å². The SMILES string of the molecule is Cc1cc(F)cc(NCc2ccc([Si](C)(C)C)cc2)c1. The second-order valence-electron chi connectivity index (χ2n) is 6.32. The van der Waals surface area contributed by atoms with Crippen LogP contribution in [0.2, 0.25) is 19.6 Å². The Kier molecular flexibility index (Phi) is 4.28. The van der Waals surface area contributed by atoms with E-state index in [1.165, 1.54) is 22.9 Å². The fourth-order valence-corrected chi connectivity index (χ4v) is 3.33. The number of hydrogen-bond acceptors (Lipinski definition) is 1. The minimum Gasteiger partial charge on any atom is -0.381 e. The van der Waals surface area contributed by atoms with Gasteiger partial charge in [0.25, 0.3) is 0 Å². The Morgan fingerprint density at radius 3 is 2.20 bits per heavy atom. The molecule has 106 valence electrons. The zero-order valence-corrected chi connectivity index (χ0v) is 13.6. The molecule has 20 heavy (non-hydrogen) atoms. The molecule has 0 unspecified atom stereocenters. The summed E-state index contributed by atoms with van der Waals surface area (Å²) in [6.07, 6.45) is 0. The summed E-state index contributed by atoms with van der Waals surface area (Å²) in [5, 5.41) is 4.73. The normalized spacial score (nSPS) is 11.4. The molecular weight excluding hydrogens is 265 g/mol. The van der Waals surface area contributed by atoms with Crippen LogP contribution >= 0.6 is 0 Å². The third-order valence-electron chi connectivity index (χ3n) is 3.36. The van der Waals surface area contributed by atoms with E-state index in [0.717, 1.165) is 17.8 Å². The first kappa shape index (κ1) is 14.8. The van der Waals surface area contributed by atoms with Gasteiger partial charge in [0.05, 0.1) is 8.07 Å². The average molecular weight is 287 g/mol. The molecule has 3 heteroatoms. The van der Waals surface area contributed by atoms with Crippen LogP contribution in [0.15, 0.2) is 42.5 Å². The molecule has 0 spiro atoms. The summed E-state index contributed by atoms with van der Waals surface area (Å²) in [6, 6.07) is 13.8. The molecule has 0 saturated carbocycles. The highest BCUT2D eigenvalue weighted by Crippen LogP contribution is 2.14. The highest BCUT2D eigenvalue weighted by atomic mass is 28.3. The lowest BCUT2D eigenvalue weighted by molar-refractivity contribution is 0.627. The number of hydrogen-bond donors (Lipinski definition) is 1. The van der Waals surface area contributed by atoms with E-state index < -0.39 is 8.07 Å². The quantitative estimate of drug-likeness (QED) is 0.827. The molecule has 2 rings (SSSR count). The van der Waals surface area contributed by atoms with Crippen molar-refractivity contribution in [2.24, 2.45) is 0 Å². The molecule has 0 bridgehead atoms. The van der Waals surface area contributed by atoms with Gasteiger partial charge in [0.2, 0.25) is 0 Å². The fraction of sp³-hybridized carbons (Fsp3) is 0.294. The van der Waals surface area contributed by atoms with Gasteiger partial charge in [-0.15, -0.1) is 0 Å². The number of anilines is 1. The maximum absolute atomic E-state index is 13.3. The van der Waals surface area contributed by atoms with E-state index in [9.17, 15) is 4.39 Å². The molecule has 0 aliphatic carbocycles. The smallest absolute Gasteiger partial charge is 0.125 e. The van der Waals surface area contributed by atoms with Gasteiger partial charge in [-0.25, -0.2) is 4.39 Å². The van der Waals surface area contributed by atoms with Crippen LogP contribution in [0.1, 0.15) is 11.1 Å². The van der Waals surface area contributed by atoms with Crippen molar-refractivity contribution in [1.82, 2.24) is 0 Å². The van der Waals surface area contributed by atoms with Gasteiger partial charge < -0.3 is 5.32 Å². The van der Waals surface area contributed by atoms with Gasteiger partial charge in [0.15, 0.2) is 0 Å². The summed E-state index contributed by atoms with van der Waals surface area (Å²) >= 11 is 0. The first-order valence-electron chi connectivity index (χ1n) is 6.95. The molecule has 0 radical (unpaired) electrons. The molecule has 0 saturated heterocycles. The zero-order valence-electron chi connectivity index (χ0n) is 12.6. The monoisotopic (exact) mass is 287 g/mol. The summed E-state index contributed by atoms with van der Waals surface area (Å²) in [4.78, 5) is 0. The van der Waals surface area contributed by atoms with E-state index in [0.29, 0.717) is 0 Å². The first-order chi connectivity index (χ1) is 9.34. The van der Waals surface area contributed by atoms with Crippen LogP contribution in [0.5, 0.6) is 0 Å². The lowest BCUT2D eigenvalue weighted by atomic mass is 10.2. The third kappa shape index (κ3) is 3.94. The minimum atomic E-state index is -1.23. The van der Waals surface area contributed by atoms with Crippen molar-refractivity contribution in [2.45, 2.75) is 33.1 Å². The fourth-order valence-electron chi connectivity index (χ4n) is 2.17. The van der Waals surface area contributed by atoms with E-state index in [-0.39, 0.29) is 5.82 Å². The molecule has 0 aliphatic heterocycles. The molecule has 2 aromatic rings. The Morgan fingerprint density at radius 2 is 1.65 bits per heavy atom. The van der Waals surface area contributed by atoms with E-state index in [2.05, 4.69) is 49.2 Å². The Balaban J connectivity index is 2.04. The van der Waals surface area contributed by atoms with Gasteiger partial charge in [-0.2, -0.15) is 0 Å². The summed E-state index contributed by atoms with van der Waals surface area (Å²) in [6.45, 7) is 9.65. The average Bonchev–Trinajstić information content (AvgIpc) is 2.35. The van der Waals surface area contributed by atoms with Crippen molar-refractivity contribution in [1.29, 1.82) is 0 Å². The number of halogens is 1. The number of nitrogens with one attached hydrogen (secondary N) is 1. The van der Waals surface area contributed by atoms with Crippen molar-refractivity contribution in [3.8, 4) is 0 Å². The number of benzene rings is 2. The predicted octanol–water partition coefficient (Wildman–Crippen LogP) is 4.29. The highest BCUT2D eigenvalue weighted by Gasteiger charge is 2.15. The molecule has 1 N–H and O–H groups in total. The van der Waals surface area contributed by atoms with Crippen molar-refractivity contribution >= 4 is 18.9 Å². The lowest BCUT2D eigenvalue weighted by Gasteiger charge is -2.17. The maximum atomic E-state index is 13.3. The van der Waals surface area contributed by atoms with Crippen LogP contribution in [-0.4, -0.2) is 8.07 Å². The Hall–Kier alpha value is -1.61. The van der Waals surface area contributed by atoms with Gasteiger partial charge in [-0.3, -0.25) is 0 Å². The molecule has 0 amide bonds. The van der Waals surface area contributed by atoms with Crippen LogP contribution < -0.4 is 10.5 Å². The van der Waals surface area contributed by atoms with Gasteiger partial charge in [-0.05, 0) is 36.2 Å².